The van der Waals surface area contributed by atoms with Crippen molar-refractivity contribution in [1.82, 2.24) is 10.2 Å². The Kier molecular flexibility index (Phi) is 7.42. The van der Waals surface area contributed by atoms with Crippen molar-refractivity contribution in [3.8, 4) is 0 Å². The first-order valence-corrected chi connectivity index (χ1v) is 7.92. The van der Waals surface area contributed by atoms with Gasteiger partial charge in [-0.3, -0.25) is 0 Å². The Bertz CT molecular complexity index is 380. The molecule has 0 saturated carbocycles. The molecular weight excluding hydrogens is 259 g/mol. The zero-order chi connectivity index (χ0) is 14.3. The Hall–Kier alpha value is -0.580. The average molecular weight is 284 g/mol. The van der Waals surface area contributed by atoms with Crippen molar-refractivity contribution in [3.05, 3.63) is 29.6 Å². The number of rotatable bonds is 8. The molecule has 0 fully saturated rings. The molecule has 1 unspecified atom stereocenters. The lowest BCUT2D eigenvalue weighted by molar-refractivity contribution is 0.324. The van der Waals surface area contributed by atoms with E-state index in [1.54, 1.807) is 17.8 Å². The molecule has 1 aromatic carbocycles. The summed E-state index contributed by atoms with van der Waals surface area (Å²) in [4.78, 5) is 3.10. The molecule has 1 rings (SSSR count). The van der Waals surface area contributed by atoms with Crippen LogP contribution < -0.4 is 5.32 Å². The highest BCUT2D eigenvalue weighted by Crippen LogP contribution is 2.24. The molecular formula is C15H25FN2S. The number of halogens is 1. The van der Waals surface area contributed by atoms with Crippen LogP contribution in [0.2, 0.25) is 0 Å². The highest BCUT2D eigenvalue weighted by atomic mass is 32.2. The van der Waals surface area contributed by atoms with E-state index in [-0.39, 0.29) is 11.9 Å². The zero-order valence-electron chi connectivity index (χ0n) is 12.4. The Balaban J connectivity index is 2.55. The molecule has 19 heavy (non-hydrogen) atoms. The Morgan fingerprint density at radius 3 is 2.53 bits per heavy atom. The molecule has 1 N–H and O–H groups in total. The number of nitrogens with zero attached hydrogens (tertiary/aromatic N) is 1. The van der Waals surface area contributed by atoms with Crippen molar-refractivity contribution < 1.29 is 4.39 Å². The fourth-order valence-corrected chi connectivity index (χ4v) is 2.83. The topological polar surface area (TPSA) is 15.3 Å². The Morgan fingerprint density at radius 1 is 1.32 bits per heavy atom. The van der Waals surface area contributed by atoms with Gasteiger partial charge in [-0.2, -0.15) is 0 Å². The molecule has 108 valence electrons. The summed E-state index contributed by atoms with van der Waals surface area (Å²) in [5, 5.41) is 3.12. The van der Waals surface area contributed by atoms with Crippen LogP contribution in [0, 0.1) is 5.82 Å². The van der Waals surface area contributed by atoms with E-state index in [4.69, 9.17) is 0 Å². The number of nitrogens with one attached hydrogen (secondary N) is 1. The Labute approximate surface area is 120 Å². The van der Waals surface area contributed by atoms with E-state index in [2.05, 4.69) is 24.1 Å². The second-order valence-electron chi connectivity index (χ2n) is 4.58. The molecule has 1 aromatic rings. The smallest absolute Gasteiger partial charge is 0.137 e. The molecule has 0 aliphatic carbocycles. The van der Waals surface area contributed by atoms with E-state index < -0.39 is 0 Å². The van der Waals surface area contributed by atoms with Gasteiger partial charge in [-0.05, 0) is 44.8 Å². The van der Waals surface area contributed by atoms with E-state index in [1.165, 1.54) is 0 Å². The first-order chi connectivity index (χ1) is 9.12. The maximum Gasteiger partial charge on any atom is 0.137 e. The van der Waals surface area contributed by atoms with Gasteiger partial charge in [0, 0.05) is 23.2 Å². The van der Waals surface area contributed by atoms with E-state index in [9.17, 15) is 4.39 Å². The second kappa shape index (κ2) is 8.56. The van der Waals surface area contributed by atoms with E-state index in [0.29, 0.717) is 0 Å². The summed E-state index contributed by atoms with van der Waals surface area (Å²) in [6, 6.07) is 5.72. The number of hydrogen-bond donors (Lipinski definition) is 1. The standard InChI is InChI=1S/C15H25FN2S/c1-5-18(6-2)9-10-19-15-8-7-13(11-14(15)16)12(3)17-4/h7-8,11-12,17H,5-6,9-10H2,1-4H3. The summed E-state index contributed by atoms with van der Waals surface area (Å²) in [7, 11) is 1.88. The number of thioether (sulfide) groups is 1. The summed E-state index contributed by atoms with van der Waals surface area (Å²) >= 11 is 1.60. The highest BCUT2D eigenvalue weighted by Gasteiger charge is 2.08. The SMILES string of the molecule is CCN(CC)CCSc1ccc(C(C)NC)cc1F. The molecule has 0 saturated heterocycles. The van der Waals surface area contributed by atoms with Crippen molar-refractivity contribution in [1.29, 1.82) is 0 Å². The monoisotopic (exact) mass is 284 g/mol. The largest absolute Gasteiger partial charge is 0.313 e. The van der Waals surface area contributed by atoms with Gasteiger partial charge < -0.3 is 10.2 Å². The van der Waals surface area contributed by atoms with Gasteiger partial charge in [0.05, 0.1) is 0 Å². The van der Waals surface area contributed by atoms with Crippen LogP contribution in [-0.4, -0.2) is 37.3 Å². The van der Waals surface area contributed by atoms with Gasteiger partial charge in [0.15, 0.2) is 0 Å². The lowest BCUT2D eigenvalue weighted by Crippen LogP contribution is -2.25. The molecule has 1 atom stereocenters. The van der Waals surface area contributed by atoms with Crippen LogP contribution in [-0.2, 0) is 0 Å². The van der Waals surface area contributed by atoms with Crippen LogP contribution in [0.4, 0.5) is 4.39 Å². The van der Waals surface area contributed by atoms with Crippen LogP contribution in [0.15, 0.2) is 23.1 Å². The van der Waals surface area contributed by atoms with Gasteiger partial charge in [-0.1, -0.05) is 19.9 Å². The van der Waals surface area contributed by atoms with Crippen LogP contribution in [0.25, 0.3) is 0 Å². The summed E-state index contributed by atoms with van der Waals surface area (Å²) in [5.41, 5.74) is 0.994. The van der Waals surface area contributed by atoms with Gasteiger partial charge in [0.25, 0.3) is 0 Å². The normalized spacial score (nSPS) is 12.9. The van der Waals surface area contributed by atoms with Crippen molar-refractivity contribution in [2.24, 2.45) is 0 Å². The summed E-state index contributed by atoms with van der Waals surface area (Å²) in [6.45, 7) is 9.45. The van der Waals surface area contributed by atoms with Crippen molar-refractivity contribution in [2.45, 2.75) is 31.7 Å². The van der Waals surface area contributed by atoms with Gasteiger partial charge >= 0.3 is 0 Å². The molecule has 4 heteroatoms. The molecule has 0 aliphatic rings. The van der Waals surface area contributed by atoms with Gasteiger partial charge in [-0.25, -0.2) is 4.39 Å². The van der Waals surface area contributed by atoms with Crippen molar-refractivity contribution >= 4 is 11.8 Å². The maximum absolute atomic E-state index is 14.0. The first-order valence-electron chi connectivity index (χ1n) is 6.94. The van der Waals surface area contributed by atoms with Crippen LogP contribution in [0.3, 0.4) is 0 Å². The number of benzene rings is 1. The molecule has 2 nitrogen and oxygen atoms in total. The Morgan fingerprint density at radius 2 is 2.00 bits per heavy atom. The van der Waals surface area contributed by atoms with Crippen LogP contribution in [0.5, 0.6) is 0 Å². The van der Waals surface area contributed by atoms with E-state index in [1.807, 2.05) is 26.1 Å². The third-order valence-electron chi connectivity index (χ3n) is 3.45. The third-order valence-corrected chi connectivity index (χ3v) is 4.48. The molecule has 0 aliphatic heterocycles. The molecule has 0 bridgehead atoms. The molecule has 0 spiro atoms. The summed E-state index contributed by atoms with van der Waals surface area (Å²) in [5.74, 6) is 0.823. The minimum Gasteiger partial charge on any atom is -0.313 e. The maximum atomic E-state index is 14.0. The van der Waals surface area contributed by atoms with Gasteiger partial charge in [-0.15, -0.1) is 11.8 Å². The molecule has 0 radical (unpaired) electrons. The van der Waals surface area contributed by atoms with Crippen molar-refractivity contribution in [2.75, 3.05) is 32.4 Å². The van der Waals surface area contributed by atoms with Crippen molar-refractivity contribution in [3.63, 3.8) is 0 Å². The highest BCUT2D eigenvalue weighted by molar-refractivity contribution is 7.99. The summed E-state index contributed by atoms with van der Waals surface area (Å²) in [6.07, 6.45) is 0. The van der Waals surface area contributed by atoms with Crippen LogP contribution >= 0.6 is 11.8 Å². The lowest BCUT2D eigenvalue weighted by Gasteiger charge is -2.17. The predicted molar refractivity (Wildman–Crippen MR) is 82.4 cm³/mol. The van der Waals surface area contributed by atoms with Crippen LogP contribution in [0.1, 0.15) is 32.4 Å². The predicted octanol–water partition coefficient (Wildman–Crippen LogP) is 3.54. The second-order valence-corrected chi connectivity index (χ2v) is 5.71. The lowest BCUT2D eigenvalue weighted by atomic mass is 10.1. The quantitative estimate of drug-likeness (QED) is 0.735. The molecule has 0 aromatic heterocycles. The third kappa shape index (κ3) is 5.13. The van der Waals surface area contributed by atoms with E-state index >= 15 is 0 Å². The van der Waals surface area contributed by atoms with E-state index in [0.717, 1.165) is 35.8 Å². The van der Waals surface area contributed by atoms with Gasteiger partial charge in [0.1, 0.15) is 5.82 Å². The molecule has 0 amide bonds. The minimum absolute atomic E-state index is 0.107. The average Bonchev–Trinajstić information content (AvgIpc) is 2.44. The minimum atomic E-state index is -0.107. The summed E-state index contributed by atoms with van der Waals surface area (Å²) < 4.78 is 14.0. The van der Waals surface area contributed by atoms with Gasteiger partial charge in [0.2, 0.25) is 0 Å². The fourth-order valence-electron chi connectivity index (χ4n) is 1.89. The fraction of sp³-hybridized carbons (Fsp3) is 0.600. The first kappa shape index (κ1) is 16.5. The molecule has 0 heterocycles. The zero-order valence-corrected chi connectivity index (χ0v) is 13.2. The number of hydrogen-bond acceptors (Lipinski definition) is 3.